The van der Waals surface area contributed by atoms with Gasteiger partial charge in [-0.25, -0.2) is 0 Å². The van der Waals surface area contributed by atoms with Gasteiger partial charge in [0.15, 0.2) is 0 Å². The summed E-state index contributed by atoms with van der Waals surface area (Å²) in [6, 6.07) is 0. The maximum atomic E-state index is 10.1. The summed E-state index contributed by atoms with van der Waals surface area (Å²) < 4.78 is 25.6. The van der Waals surface area contributed by atoms with Crippen molar-refractivity contribution in [3.63, 3.8) is 0 Å². The molecule has 0 saturated carbocycles. The van der Waals surface area contributed by atoms with E-state index in [1.165, 1.54) is 0 Å². The second kappa shape index (κ2) is 19.9. The predicted molar refractivity (Wildman–Crippen MR) is 29.7 cm³/mol. The molecule has 0 radical (unpaired) electrons. The fraction of sp³-hybridized carbons (Fsp3) is 1.00. The molecule has 0 heterocycles. The summed E-state index contributed by atoms with van der Waals surface area (Å²) in [7, 11) is -19.9. The zero-order valence-corrected chi connectivity index (χ0v) is 33.5. The van der Waals surface area contributed by atoms with Crippen molar-refractivity contribution in [2.45, 2.75) is 4.76 Å². The van der Waals surface area contributed by atoms with Crippen LogP contribution in [0.1, 0.15) is 0 Å². The maximum absolute atomic E-state index is 10.1. The first kappa shape index (κ1) is 47.9. The van der Waals surface area contributed by atoms with Crippen molar-refractivity contribution < 1.29 is 351 Å². The van der Waals surface area contributed by atoms with E-state index in [4.69, 9.17) is 0 Å². The molecule has 0 bridgehead atoms. The van der Waals surface area contributed by atoms with Gasteiger partial charge in [-0.15, -0.1) is 0 Å². The van der Waals surface area contributed by atoms with E-state index < -0.39 is 27.5 Å². The van der Waals surface area contributed by atoms with E-state index in [0.717, 1.165) is 0 Å². The van der Waals surface area contributed by atoms with Gasteiger partial charge in [0.1, 0.15) is 0 Å². The van der Waals surface area contributed by atoms with Crippen molar-refractivity contribution in [3.8, 4) is 0 Å². The molecule has 20 heavy (non-hydrogen) atoms. The normalized spacial score (nSPS) is 10.9. The van der Waals surface area contributed by atoms with Crippen molar-refractivity contribution in [2.75, 3.05) is 0 Å². The molecule has 86 valence electrons. The van der Waals surface area contributed by atoms with Crippen LogP contribution in [0.2, 0.25) is 0 Å². The summed E-state index contributed by atoms with van der Waals surface area (Å²) in [4.78, 5) is 60.9. The summed E-state index contributed by atoms with van der Waals surface area (Å²) in [5.74, 6) is 0. The Morgan fingerprint density at radius 3 is 0.650 bits per heavy atom. The molecule has 0 unspecified atom stereocenters. The standard InChI is InChI=1S/CH8NO9P3.6K/c2-1(12(3,4)5,13(6,7)8)14(9,10)11;;;;;;/h2H2,(H2,3,4,5)(H2,6,7,8)(H2,9,10,11);;;;;;/q;6*+1/p-6. The van der Waals surface area contributed by atoms with Gasteiger partial charge in [-0.05, 0) is 22.8 Å². The zero-order chi connectivity index (χ0) is 12.0. The average Bonchev–Trinajstić information content (AvgIpc) is 1.77. The van der Waals surface area contributed by atoms with Gasteiger partial charge in [-0.3, -0.25) is 0 Å². The fourth-order valence-corrected chi connectivity index (χ4v) is 4.05. The van der Waals surface area contributed by atoms with E-state index in [1.807, 2.05) is 0 Å². The van der Waals surface area contributed by atoms with Crippen LogP contribution >= 0.6 is 22.8 Å². The van der Waals surface area contributed by atoms with Gasteiger partial charge in [0.25, 0.3) is 0 Å². The van der Waals surface area contributed by atoms with Crippen LogP contribution in [-0.4, -0.2) is 4.76 Å². The second-order valence-corrected chi connectivity index (χ2v) is 8.34. The predicted octanol–water partition coefficient (Wildman–Crippen LogP) is -23.7. The SMILES string of the molecule is NC(P(=O)([O-])[O-])(P(=O)([O-])[O-])P(=O)([O-])[O-].[K+].[K+].[K+].[K+].[K+].[K+]. The third-order valence-electron chi connectivity index (χ3n) is 1.21. The van der Waals surface area contributed by atoms with E-state index in [2.05, 4.69) is 5.73 Å². The van der Waals surface area contributed by atoms with Crippen LogP contribution in [0, 0.1) is 0 Å². The number of nitrogens with two attached hydrogens (primary N) is 1. The van der Waals surface area contributed by atoms with E-state index in [9.17, 15) is 43.1 Å². The van der Waals surface area contributed by atoms with E-state index in [0.29, 0.717) is 0 Å². The average molecular weight is 500 g/mol. The smallest absolute Gasteiger partial charge is 0.809 e. The first-order valence-corrected chi connectivity index (χ1v) is 7.23. The van der Waals surface area contributed by atoms with Crippen molar-refractivity contribution >= 4 is 22.8 Å². The maximum Gasteiger partial charge on any atom is 1.00 e. The minimum Gasteiger partial charge on any atom is -0.809 e. The van der Waals surface area contributed by atoms with Gasteiger partial charge in [0, 0.05) is 0 Å². The van der Waals surface area contributed by atoms with Gasteiger partial charge in [-0.2, -0.15) is 0 Å². The molecule has 0 fully saturated rings. The molecule has 0 aliphatic rings. The van der Waals surface area contributed by atoms with Crippen LogP contribution in [0.4, 0.5) is 0 Å². The quantitative estimate of drug-likeness (QED) is 0.285. The minimum atomic E-state index is -6.63. The number of hydrogen-bond acceptors (Lipinski definition) is 10. The zero-order valence-electron chi connectivity index (χ0n) is 12.1. The summed E-state index contributed by atoms with van der Waals surface area (Å²) in [5.41, 5.74) is 4.06. The molecule has 0 atom stereocenters. The molecule has 10 nitrogen and oxygen atoms in total. The molecule has 0 aliphatic heterocycles. The van der Waals surface area contributed by atoms with Crippen molar-refractivity contribution in [1.29, 1.82) is 0 Å². The van der Waals surface area contributed by atoms with Crippen LogP contribution in [0.3, 0.4) is 0 Å². The van der Waals surface area contributed by atoms with E-state index >= 15 is 0 Å². The Hall–Kier alpha value is 10.2. The molecule has 0 aromatic rings. The summed E-state index contributed by atoms with van der Waals surface area (Å²) in [6.07, 6.45) is 0. The van der Waals surface area contributed by atoms with Gasteiger partial charge in [0.2, 0.25) is 0 Å². The Kier molecular flexibility index (Phi) is 47.6. The topological polar surface area (TPSA) is 216 Å². The molecule has 0 aromatic carbocycles. The Morgan fingerprint density at radius 2 is 0.650 bits per heavy atom. The van der Waals surface area contributed by atoms with Crippen LogP contribution in [0.15, 0.2) is 0 Å². The van der Waals surface area contributed by atoms with Crippen molar-refractivity contribution in [2.24, 2.45) is 5.73 Å². The second-order valence-electron chi connectivity index (χ2n) is 2.18. The van der Waals surface area contributed by atoms with Gasteiger partial charge in [-0.1, -0.05) is 0 Å². The first-order chi connectivity index (χ1) is 5.75. The Bertz CT molecular complexity index is 317. The summed E-state index contributed by atoms with van der Waals surface area (Å²) in [6.45, 7) is 0. The van der Waals surface area contributed by atoms with Gasteiger partial charge < -0.3 is 48.8 Å². The van der Waals surface area contributed by atoms with Gasteiger partial charge >= 0.3 is 308 Å². The number of hydrogen-bond donors (Lipinski definition) is 1. The van der Waals surface area contributed by atoms with Crippen LogP contribution < -0.4 is 343 Å². The minimum absolute atomic E-state index is 0. The van der Waals surface area contributed by atoms with Crippen molar-refractivity contribution in [3.05, 3.63) is 0 Å². The Labute approximate surface area is 371 Å². The summed E-state index contributed by atoms with van der Waals surface area (Å²) in [5, 5.41) is 0. The van der Waals surface area contributed by atoms with Crippen LogP contribution in [0.25, 0.3) is 0 Å². The van der Waals surface area contributed by atoms with E-state index in [-0.39, 0.29) is 308 Å². The van der Waals surface area contributed by atoms with Gasteiger partial charge in [0.05, 0.1) is 4.76 Å². The van der Waals surface area contributed by atoms with Crippen molar-refractivity contribution in [1.82, 2.24) is 0 Å². The third kappa shape index (κ3) is 15.1. The molecule has 0 spiro atoms. The third-order valence-corrected chi connectivity index (χ3v) is 8.04. The summed E-state index contributed by atoms with van der Waals surface area (Å²) >= 11 is 0. The monoisotopic (exact) mass is 499 g/mol. The largest absolute Gasteiger partial charge is 1.00 e. The first-order valence-electron chi connectivity index (χ1n) is 2.60. The fourth-order valence-electron chi connectivity index (χ4n) is 0.450. The van der Waals surface area contributed by atoms with E-state index in [1.54, 1.807) is 0 Å². The molecule has 0 amide bonds. The number of rotatable bonds is 3. The molecule has 2 N–H and O–H groups in total. The Morgan fingerprint density at radius 1 is 0.550 bits per heavy atom. The molecule has 0 saturated heterocycles. The molecular weight excluding hydrogens is 498 g/mol. The molecule has 0 rings (SSSR count). The van der Waals surface area contributed by atoms with Crippen LogP contribution in [-0.2, 0) is 13.7 Å². The molecule has 0 aliphatic carbocycles. The Balaban J connectivity index is -0.0000000563. The molecule has 0 aromatic heterocycles. The van der Waals surface area contributed by atoms with Crippen LogP contribution in [0.5, 0.6) is 0 Å². The molecule has 19 heteroatoms. The molecular formula is CH2K6NO9P3.